The lowest BCUT2D eigenvalue weighted by Gasteiger charge is -2.42. The summed E-state index contributed by atoms with van der Waals surface area (Å²) in [5.41, 5.74) is 4.61. The molecule has 3 aliphatic heterocycles. The number of anilines is 2. The van der Waals surface area contributed by atoms with Crippen molar-refractivity contribution in [1.29, 1.82) is 0 Å². The maximum atomic E-state index is 14.2. The van der Waals surface area contributed by atoms with E-state index in [1.807, 2.05) is 69.3 Å². The van der Waals surface area contributed by atoms with Crippen LogP contribution in [0.4, 0.5) is 16.2 Å². The van der Waals surface area contributed by atoms with Gasteiger partial charge in [0.2, 0.25) is 5.91 Å². The maximum Gasteiger partial charge on any atom is 0.331 e. The molecule has 3 aliphatic rings. The highest BCUT2D eigenvalue weighted by Crippen LogP contribution is 2.54. The number of halogens is 1. The van der Waals surface area contributed by atoms with Gasteiger partial charge in [-0.25, -0.2) is 4.79 Å². The lowest BCUT2D eigenvalue weighted by atomic mass is 9.92. The number of urea groups is 1. The number of amides is 3. The van der Waals surface area contributed by atoms with Gasteiger partial charge in [0, 0.05) is 11.1 Å². The van der Waals surface area contributed by atoms with Gasteiger partial charge in [0.05, 0.1) is 30.5 Å². The Bertz CT molecular complexity index is 1480. The highest BCUT2D eigenvalue weighted by molar-refractivity contribution is 6.30. The third-order valence-electron chi connectivity index (χ3n) is 7.01. The van der Waals surface area contributed by atoms with Gasteiger partial charge in [0.25, 0.3) is 0 Å². The summed E-state index contributed by atoms with van der Waals surface area (Å²) >= 11 is 6.20. The Morgan fingerprint density at radius 1 is 1.03 bits per heavy atom. The predicted molar refractivity (Wildman–Crippen MR) is 147 cm³/mol. The van der Waals surface area contributed by atoms with Gasteiger partial charge < -0.3 is 14.8 Å². The SMILES string of the molecule is COc1cc(OC(C)C)c2c3c1NC(=O)CN3C(=O)N1C2=NC(c2ccc(Cl)cc2)C1c1ccc(C)cc1. The zero-order valence-electron chi connectivity index (χ0n) is 21.5. The number of fused-ring (bicyclic) bond motifs is 2. The number of aryl methyl sites for hydroxylation is 1. The molecule has 38 heavy (non-hydrogen) atoms. The summed E-state index contributed by atoms with van der Waals surface area (Å²) in [6.07, 6.45) is -0.145. The lowest BCUT2D eigenvalue weighted by molar-refractivity contribution is -0.115. The van der Waals surface area contributed by atoms with Crippen LogP contribution < -0.4 is 19.7 Å². The average Bonchev–Trinajstić information content (AvgIpc) is 3.28. The van der Waals surface area contributed by atoms with Crippen molar-refractivity contribution < 1.29 is 19.1 Å². The largest absolute Gasteiger partial charge is 0.494 e. The number of ether oxygens (including phenoxy) is 2. The zero-order chi connectivity index (χ0) is 26.7. The normalized spacial score (nSPS) is 19.7. The number of amidine groups is 1. The van der Waals surface area contributed by atoms with Crippen LogP contribution >= 0.6 is 11.6 Å². The van der Waals surface area contributed by atoms with Crippen LogP contribution in [-0.2, 0) is 4.79 Å². The van der Waals surface area contributed by atoms with E-state index < -0.39 is 12.1 Å². The van der Waals surface area contributed by atoms with E-state index in [1.165, 1.54) is 12.0 Å². The summed E-state index contributed by atoms with van der Waals surface area (Å²) in [4.78, 5) is 35.4. The van der Waals surface area contributed by atoms with Crippen molar-refractivity contribution >= 4 is 40.7 Å². The smallest absolute Gasteiger partial charge is 0.331 e. The first-order chi connectivity index (χ1) is 18.3. The fourth-order valence-electron chi connectivity index (χ4n) is 5.38. The maximum absolute atomic E-state index is 14.2. The van der Waals surface area contributed by atoms with Crippen molar-refractivity contribution in [3.63, 3.8) is 0 Å². The van der Waals surface area contributed by atoms with Crippen LogP contribution in [0.2, 0.25) is 5.02 Å². The van der Waals surface area contributed by atoms with Crippen LogP contribution in [0.3, 0.4) is 0 Å². The number of nitrogens with one attached hydrogen (secondary N) is 1. The van der Waals surface area contributed by atoms with Crippen LogP contribution in [0.5, 0.6) is 11.5 Å². The number of aliphatic imine (C=N–C) groups is 1. The van der Waals surface area contributed by atoms with E-state index in [2.05, 4.69) is 5.32 Å². The number of benzene rings is 3. The Labute approximate surface area is 225 Å². The monoisotopic (exact) mass is 530 g/mol. The molecule has 3 heterocycles. The van der Waals surface area contributed by atoms with Crippen molar-refractivity contribution in [3.05, 3.63) is 81.9 Å². The highest BCUT2D eigenvalue weighted by atomic mass is 35.5. The number of carbonyl (C=O) groups excluding carboxylic acids is 2. The molecule has 0 saturated heterocycles. The van der Waals surface area contributed by atoms with Crippen molar-refractivity contribution in [2.75, 3.05) is 23.9 Å². The van der Waals surface area contributed by atoms with E-state index in [-0.39, 0.29) is 24.6 Å². The van der Waals surface area contributed by atoms with Gasteiger partial charge in [-0.2, -0.15) is 0 Å². The molecule has 0 aromatic heterocycles. The molecule has 0 aliphatic carbocycles. The van der Waals surface area contributed by atoms with Gasteiger partial charge in [-0.1, -0.05) is 53.6 Å². The van der Waals surface area contributed by atoms with Gasteiger partial charge in [-0.15, -0.1) is 0 Å². The van der Waals surface area contributed by atoms with Gasteiger partial charge in [-0.3, -0.25) is 19.6 Å². The second-order valence-electron chi connectivity index (χ2n) is 9.93. The van der Waals surface area contributed by atoms with Crippen LogP contribution in [0.1, 0.15) is 48.2 Å². The lowest BCUT2D eigenvalue weighted by Crippen LogP contribution is -2.55. The van der Waals surface area contributed by atoms with E-state index in [0.29, 0.717) is 39.3 Å². The summed E-state index contributed by atoms with van der Waals surface area (Å²) in [7, 11) is 1.52. The Hall–Kier alpha value is -4.04. The molecule has 0 fully saturated rings. The second kappa shape index (κ2) is 9.06. The van der Waals surface area contributed by atoms with Gasteiger partial charge >= 0.3 is 6.03 Å². The van der Waals surface area contributed by atoms with E-state index in [4.69, 9.17) is 26.1 Å². The van der Waals surface area contributed by atoms with Crippen LogP contribution in [0, 0.1) is 6.92 Å². The summed E-state index contributed by atoms with van der Waals surface area (Å²) in [5, 5.41) is 3.52. The minimum absolute atomic E-state index is 0.122. The molecule has 3 aromatic rings. The van der Waals surface area contributed by atoms with Crippen molar-refractivity contribution in [1.82, 2.24) is 4.90 Å². The number of hydrogen-bond acceptors (Lipinski definition) is 5. The van der Waals surface area contributed by atoms with E-state index >= 15 is 0 Å². The molecule has 0 saturated carbocycles. The minimum atomic E-state index is -0.435. The average molecular weight is 531 g/mol. The van der Waals surface area contributed by atoms with Gasteiger partial charge in [0.15, 0.2) is 0 Å². The first-order valence-corrected chi connectivity index (χ1v) is 12.9. The summed E-state index contributed by atoms with van der Waals surface area (Å²) in [5.74, 6) is 1.16. The third-order valence-corrected chi connectivity index (χ3v) is 7.26. The van der Waals surface area contributed by atoms with Crippen LogP contribution in [0.25, 0.3) is 0 Å². The molecule has 3 amide bonds. The molecule has 0 bridgehead atoms. The van der Waals surface area contributed by atoms with E-state index in [1.54, 1.807) is 11.0 Å². The molecule has 9 heteroatoms. The number of nitrogens with zero attached hydrogens (tertiary/aromatic N) is 3. The molecular weight excluding hydrogens is 504 g/mol. The van der Waals surface area contributed by atoms with E-state index in [9.17, 15) is 9.59 Å². The Balaban J connectivity index is 1.63. The zero-order valence-corrected chi connectivity index (χ0v) is 22.2. The van der Waals surface area contributed by atoms with Crippen molar-refractivity contribution in [2.24, 2.45) is 4.99 Å². The van der Waals surface area contributed by atoms with Crippen molar-refractivity contribution in [3.8, 4) is 11.5 Å². The minimum Gasteiger partial charge on any atom is -0.494 e. The second-order valence-corrected chi connectivity index (χ2v) is 10.4. The molecule has 6 rings (SSSR count). The molecule has 2 atom stereocenters. The predicted octanol–water partition coefficient (Wildman–Crippen LogP) is 5.88. The molecule has 8 nitrogen and oxygen atoms in total. The van der Waals surface area contributed by atoms with Crippen LogP contribution in [-0.4, -0.2) is 42.4 Å². The molecule has 0 radical (unpaired) electrons. The Kier molecular flexibility index (Phi) is 5.79. The summed E-state index contributed by atoms with van der Waals surface area (Å²) < 4.78 is 11.9. The fourth-order valence-corrected chi connectivity index (χ4v) is 5.50. The van der Waals surface area contributed by atoms with Crippen LogP contribution in [0.15, 0.2) is 59.6 Å². The Morgan fingerprint density at radius 3 is 2.37 bits per heavy atom. The van der Waals surface area contributed by atoms with E-state index in [0.717, 1.165) is 16.7 Å². The topological polar surface area (TPSA) is 83.5 Å². The molecule has 0 spiro atoms. The number of methoxy groups -OCH3 is 1. The Morgan fingerprint density at radius 2 is 1.71 bits per heavy atom. The first-order valence-electron chi connectivity index (χ1n) is 12.5. The number of rotatable bonds is 5. The molecule has 2 unspecified atom stereocenters. The molecule has 1 N–H and O–H groups in total. The highest BCUT2D eigenvalue weighted by Gasteiger charge is 2.51. The molecule has 194 valence electrons. The van der Waals surface area contributed by atoms with Crippen molar-refractivity contribution in [2.45, 2.75) is 39.0 Å². The van der Waals surface area contributed by atoms with Gasteiger partial charge in [0.1, 0.15) is 35.6 Å². The summed E-state index contributed by atoms with van der Waals surface area (Å²) in [6, 6.07) is 16.2. The van der Waals surface area contributed by atoms with Gasteiger partial charge in [-0.05, 0) is 44.0 Å². The number of carbonyl (C=O) groups is 2. The fraction of sp³-hybridized carbons (Fsp3) is 0.276. The number of hydrogen-bond donors (Lipinski definition) is 1. The molecular formula is C29H27ClN4O4. The third kappa shape index (κ3) is 3.79. The summed E-state index contributed by atoms with van der Waals surface area (Å²) in [6.45, 7) is 5.78. The standard InChI is InChI=1S/C29H27ClN4O4/c1-15(2)38-20-13-21(37-4)25-27-23(20)28-32-24(17-9-11-19(30)12-10-17)26(18-7-5-16(3)6-8-18)34(28)29(36)33(27)14-22(35)31-25/h5-13,15,24,26H,14H2,1-4H3,(H,31,35). The quantitative estimate of drug-likeness (QED) is 0.446. The molecule has 3 aromatic carbocycles. The first kappa shape index (κ1) is 24.3.